The summed E-state index contributed by atoms with van der Waals surface area (Å²) in [5, 5.41) is 3.32. The second kappa shape index (κ2) is 10.9. The Morgan fingerprint density at radius 1 is 1.30 bits per heavy atom. The molecule has 1 saturated heterocycles. The van der Waals surface area contributed by atoms with Crippen molar-refractivity contribution < 1.29 is 9.59 Å². The minimum Gasteiger partial charge on any atom is -0.368 e. The molecule has 3 N–H and O–H groups in total. The zero-order valence-corrected chi connectivity index (χ0v) is 13.2. The maximum atomic E-state index is 12.1. The number of amides is 2. The fourth-order valence-electron chi connectivity index (χ4n) is 2.49. The van der Waals surface area contributed by atoms with Crippen molar-refractivity contribution in [3.05, 3.63) is 0 Å². The summed E-state index contributed by atoms with van der Waals surface area (Å²) < 4.78 is 0. The summed E-state index contributed by atoms with van der Waals surface area (Å²) in [6, 6.07) is 0. The van der Waals surface area contributed by atoms with Gasteiger partial charge in [-0.2, -0.15) is 0 Å². The molecular weight excluding hydrogens is 278 g/mol. The molecule has 0 unspecified atom stereocenters. The van der Waals surface area contributed by atoms with Gasteiger partial charge in [0, 0.05) is 13.0 Å². The van der Waals surface area contributed by atoms with Gasteiger partial charge in [0.2, 0.25) is 11.8 Å². The van der Waals surface area contributed by atoms with E-state index in [1.165, 1.54) is 0 Å². The minimum absolute atomic E-state index is 0. The molecule has 0 radical (unpaired) electrons. The summed E-state index contributed by atoms with van der Waals surface area (Å²) in [4.78, 5) is 24.8. The molecule has 0 aliphatic carbocycles. The van der Waals surface area contributed by atoms with Crippen LogP contribution in [0, 0.1) is 5.92 Å². The number of carbonyl (C=O) groups excluding carboxylic acids is 2. The van der Waals surface area contributed by atoms with Crippen LogP contribution in [0.2, 0.25) is 0 Å². The number of unbranched alkanes of at least 4 members (excludes halogenated alkanes) is 1. The average molecular weight is 306 g/mol. The highest BCUT2D eigenvalue weighted by Gasteiger charge is 2.18. The van der Waals surface area contributed by atoms with Gasteiger partial charge in [0.1, 0.15) is 0 Å². The fraction of sp³-hybridized carbons (Fsp3) is 0.857. The first-order valence-electron chi connectivity index (χ1n) is 7.40. The summed E-state index contributed by atoms with van der Waals surface area (Å²) in [6.45, 7) is 4.89. The highest BCUT2D eigenvalue weighted by Crippen LogP contribution is 2.18. The van der Waals surface area contributed by atoms with E-state index >= 15 is 0 Å². The molecule has 0 saturated carbocycles. The molecule has 0 aromatic heterocycles. The van der Waals surface area contributed by atoms with E-state index in [1.807, 2.05) is 0 Å². The van der Waals surface area contributed by atoms with Crippen LogP contribution in [0.4, 0.5) is 0 Å². The first-order chi connectivity index (χ1) is 9.13. The topological polar surface area (TPSA) is 75.4 Å². The smallest absolute Gasteiger partial charge is 0.237 e. The van der Waals surface area contributed by atoms with Crippen molar-refractivity contribution in [2.24, 2.45) is 11.7 Å². The lowest BCUT2D eigenvalue weighted by atomic mass is 9.93. The monoisotopic (exact) mass is 305 g/mol. The molecular formula is C14H28ClN3O2. The molecule has 118 valence electrons. The maximum Gasteiger partial charge on any atom is 0.237 e. The predicted octanol–water partition coefficient (Wildman–Crippen LogP) is 1.30. The third-order valence-electron chi connectivity index (χ3n) is 3.71. The second-order valence-corrected chi connectivity index (χ2v) is 5.37. The molecule has 2 amide bonds. The molecule has 5 nitrogen and oxygen atoms in total. The molecule has 1 heterocycles. The summed E-state index contributed by atoms with van der Waals surface area (Å²) in [5.41, 5.74) is 5.20. The van der Waals surface area contributed by atoms with Crippen molar-refractivity contribution in [2.45, 2.75) is 45.4 Å². The van der Waals surface area contributed by atoms with E-state index in [0.29, 0.717) is 18.9 Å². The molecule has 1 fully saturated rings. The summed E-state index contributed by atoms with van der Waals surface area (Å²) in [6.07, 6.45) is 5.71. The zero-order valence-electron chi connectivity index (χ0n) is 12.4. The summed E-state index contributed by atoms with van der Waals surface area (Å²) >= 11 is 0. The summed E-state index contributed by atoms with van der Waals surface area (Å²) in [5.74, 6) is 0.295. The quantitative estimate of drug-likeness (QED) is 0.710. The number of hydrogen-bond donors (Lipinski definition) is 2. The minimum atomic E-state index is -0.425. The molecule has 0 spiro atoms. The Bertz CT molecular complexity index is 294. The Balaban J connectivity index is 0.00000361. The van der Waals surface area contributed by atoms with E-state index in [1.54, 1.807) is 4.90 Å². The number of piperidine rings is 1. The van der Waals surface area contributed by atoms with Crippen LogP contribution in [0.1, 0.15) is 45.4 Å². The van der Waals surface area contributed by atoms with Crippen LogP contribution in [0.5, 0.6) is 0 Å². The Hall–Kier alpha value is -0.810. The molecule has 1 aliphatic heterocycles. The first kappa shape index (κ1) is 19.2. The van der Waals surface area contributed by atoms with Gasteiger partial charge in [-0.05, 0) is 44.7 Å². The summed E-state index contributed by atoms with van der Waals surface area (Å²) in [7, 11) is 0. The number of nitrogens with two attached hydrogens (primary N) is 1. The largest absolute Gasteiger partial charge is 0.368 e. The first-order valence-corrected chi connectivity index (χ1v) is 7.40. The third-order valence-corrected chi connectivity index (χ3v) is 3.71. The lowest BCUT2D eigenvalue weighted by Crippen LogP contribution is -2.39. The van der Waals surface area contributed by atoms with E-state index < -0.39 is 5.91 Å². The predicted molar refractivity (Wildman–Crippen MR) is 82.8 cm³/mol. The standard InChI is InChI=1S/C14H27N3O2.ClH/c1-2-3-10-17(11-13(15)18)14(19)5-4-12-6-8-16-9-7-12;/h12,16H,2-11H2,1H3,(H2,15,18);1H. The number of halogens is 1. The molecule has 0 aromatic rings. The highest BCUT2D eigenvalue weighted by atomic mass is 35.5. The number of carbonyl (C=O) groups is 2. The molecule has 20 heavy (non-hydrogen) atoms. The number of rotatable bonds is 8. The fourth-order valence-corrected chi connectivity index (χ4v) is 2.49. The van der Waals surface area contributed by atoms with Crippen LogP contribution < -0.4 is 11.1 Å². The van der Waals surface area contributed by atoms with Gasteiger partial charge in [-0.25, -0.2) is 0 Å². The molecule has 1 rings (SSSR count). The van der Waals surface area contributed by atoms with Crippen molar-refractivity contribution in [1.29, 1.82) is 0 Å². The second-order valence-electron chi connectivity index (χ2n) is 5.37. The lowest BCUT2D eigenvalue weighted by Gasteiger charge is -2.25. The Morgan fingerprint density at radius 3 is 2.50 bits per heavy atom. The zero-order chi connectivity index (χ0) is 14.1. The van der Waals surface area contributed by atoms with Crippen LogP contribution in [0.25, 0.3) is 0 Å². The van der Waals surface area contributed by atoms with Crippen LogP contribution in [0.3, 0.4) is 0 Å². The normalized spacial score (nSPS) is 15.4. The van der Waals surface area contributed by atoms with Crippen molar-refractivity contribution >= 4 is 24.2 Å². The number of hydrogen-bond acceptors (Lipinski definition) is 3. The Kier molecular flexibility index (Phi) is 10.5. The van der Waals surface area contributed by atoms with E-state index in [-0.39, 0.29) is 24.9 Å². The van der Waals surface area contributed by atoms with Crippen molar-refractivity contribution in [3.8, 4) is 0 Å². The Labute approximate surface area is 128 Å². The maximum absolute atomic E-state index is 12.1. The van der Waals surface area contributed by atoms with Crippen LogP contribution in [-0.2, 0) is 9.59 Å². The average Bonchev–Trinajstić information content (AvgIpc) is 2.41. The SMILES string of the molecule is CCCCN(CC(N)=O)C(=O)CCC1CCNCC1.Cl. The van der Waals surface area contributed by atoms with E-state index in [9.17, 15) is 9.59 Å². The lowest BCUT2D eigenvalue weighted by molar-refractivity contribution is -0.135. The number of primary amides is 1. The van der Waals surface area contributed by atoms with Gasteiger partial charge in [0.15, 0.2) is 0 Å². The van der Waals surface area contributed by atoms with Crippen LogP contribution in [0.15, 0.2) is 0 Å². The molecule has 6 heteroatoms. The number of nitrogens with one attached hydrogen (secondary N) is 1. The third kappa shape index (κ3) is 7.70. The van der Waals surface area contributed by atoms with Gasteiger partial charge >= 0.3 is 0 Å². The van der Waals surface area contributed by atoms with Crippen LogP contribution >= 0.6 is 12.4 Å². The van der Waals surface area contributed by atoms with Crippen LogP contribution in [-0.4, -0.2) is 42.9 Å². The van der Waals surface area contributed by atoms with Gasteiger partial charge < -0.3 is 16.0 Å². The Morgan fingerprint density at radius 2 is 1.95 bits per heavy atom. The molecule has 0 atom stereocenters. The van der Waals surface area contributed by atoms with Gasteiger partial charge in [0.25, 0.3) is 0 Å². The molecule has 0 aromatic carbocycles. The van der Waals surface area contributed by atoms with Gasteiger partial charge in [-0.1, -0.05) is 13.3 Å². The molecule has 1 aliphatic rings. The van der Waals surface area contributed by atoms with Crippen molar-refractivity contribution in [2.75, 3.05) is 26.2 Å². The van der Waals surface area contributed by atoms with Gasteiger partial charge in [0.05, 0.1) is 6.54 Å². The van der Waals surface area contributed by atoms with Crippen molar-refractivity contribution in [1.82, 2.24) is 10.2 Å². The highest BCUT2D eigenvalue weighted by molar-refractivity contribution is 5.85. The number of nitrogens with zero attached hydrogens (tertiary/aromatic N) is 1. The van der Waals surface area contributed by atoms with Gasteiger partial charge in [-0.15, -0.1) is 12.4 Å². The van der Waals surface area contributed by atoms with E-state index in [2.05, 4.69) is 12.2 Å². The van der Waals surface area contributed by atoms with E-state index in [4.69, 9.17) is 5.73 Å². The van der Waals surface area contributed by atoms with E-state index in [0.717, 1.165) is 45.2 Å². The van der Waals surface area contributed by atoms with Crippen molar-refractivity contribution in [3.63, 3.8) is 0 Å². The van der Waals surface area contributed by atoms with Gasteiger partial charge in [-0.3, -0.25) is 9.59 Å². The molecule has 0 bridgehead atoms.